The van der Waals surface area contributed by atoms with Gasteiger partial charge in [0.25, 0.3) is 5.91 Å². The molecule has 2 aromatic carbocycles. The second-order valence-electron chi connectivity index (χ2n) is 9.26. The Morgan fingerprint density at radius 3 is 2.61 bits per heavy atom. The molecule has 2 aromatic heterocycles. The van der Waals surface area contributed by atoms with Crippen LogP contribution in [0.15, 0.2) is 85.2 Å². The van der Waals surface area contributed by atoms with Gasteiger partial charge in [0.1, 0.15) is 11.6 Å². The number of nitrogens with two attached hydrogens (primary N) is 1. The molecule has 0 saturated carbocycles. The summed E-state index contributed by atoms with van der Waals surface area (Å²) >= 11 is 0. The lowest BCUT2D eigenvalue weighted by Crippen LogP contribution is -3.16. The number of nitrogens with zero attached hydrogens (tertiary/aromatic N) is 4. The minimum absolute atomic E-state index is 0.0195. The van der Waals surface area contributed by atoms with E-state index in [0.717, 1.165) is 18.7 Å². The first-order valence-corrected chi connectivity index (χ1v) is 12.3. The summed E-state index contributed by atoms with van der Waals surface area (Å²) in [7, 11) is 0. The number of hydrogen-bond donors (Lipinski definition) is 3. The largest absolute Gasteiger partial charge is 0.626 e. The van der Waals surface area contributed by atoms with E-state index in [1.807, 2.05) is 18.2 Å². The monoisotopic (exact) mass is 512 g/mol. The van der Waals surface area contributed by atoms with E-state index in [-0.39, 0.29) is 17.8 Å². The molecule has 38 heavy (non-hydrogen) atoms. The fourth-order valence-corrected chi connectivity index (χ4v) is 4.80. The number of hydrogen-bond acceptors (Lipinski definition) is 7. The summed E-state index contributed by atoms with van der Waals surface area (Å²) in [5.41, 5.74) is 9.27. The number of amides is 2. The van der Waals surface area contributed by atoms with Crippen LogP contribution in [0.5, 0.6) is 0 Å². The lowest BCUT2D eigenvalue weighted by atomic mass is 10.00. The van der Waals surface area contributed by atoms with Gasteiger partial charge in [-0.2, -0.15) is 5.10 Å². The number of pyridine rings is 1. The molecule has 4 aromatic rings. The molecule has 0 spiro atoms. The normalized spacial score (nSPS) is 15.1. The van der Waals surface area contributed by atoms with Crippen molar-refractivity contribution in [1.82, 2.24) is 14.8 Å². The first kappa shape index (κ1) is 25.3. The van der Waals surface area contributed by atoms with Gasteiger partial charge < -0.3 is 20.9 Å². The fraction of sp³-hybridized carbons (Fsp3) is 0.214. The van der Waals surface area contributed by atoms with E-state index in [9.17, 15) is 19.9 Å². The number of aromatic nitrogens is 3. The number of anilines is 1. The Bertz CT molecular complexity index is 1440. The van der Waals surface area contributed by atoms with Gasteiger partial charge in [-0.25, -0.2) is 14.5 Å². The van der Waals surface area contributed by atoms with Crippen LogP contribution in [0.3, 0.4) is 0 Å². The first-order chi connectivity index (χ1) is 18.4. The summed E-state index contributed by atoms with van der Waals surface area (Å²) in [5.74, 6) is -1.76. The van der Waals surface area contributed by atoms with Crippen LogP contribution in [0, 0.1) is 5.21 Å². The predicted molar refractivity (Wildman–Crippen MR) is 140 cm³/mol. The molecule has 0 radical (unpaired) electrons. The van der Waals surface area contributed by atoms with E-state index in [1.165, 1.54) is 28.2 Å². The summed E-state index contributed by atoms with van der Waals surface area (Å²) < 4.78 is 1.47. The summed E-state index contributed by atoms with van der Waals surface area (Å²) in [4.78, 5) is 31.8. The minimum atomic E-state index is -1.81. The van der Waals surface area contributed by atoms with Crippen molar-refractivity contribution in [2.75, 3.05) is 11.4 Å². The number of quaternary nitrogens is 1. The maximum Gasteiger partial charge on any atom is 0.348 e. The lowest BCUT2D eigenvalue weighted by Gasteiger charge is -2.31. The van der Waals surface area contributed by atoms with Crippen molar-refractivity contribution < 1.29 is 19.8 Å². The Kier molecular flexibility index (Phi) is 7.27. The van der Waals surface area contributed by atoms with Gasteiger partial charge in [-0.05, 0) is 41.8 Å². The fourth-order valence-electron chi connectivity index (χ4n) is 4.80. The number of hydroxylamine groups is 2. The maximum absolute atomic E-state index is 13.4. The molecule has 1 aliphatic rings. The average molecular weight is 513 g/mol. The van der Waals surface area contributed by atoms with Crippen LogP contribution >= 0.6 is 0 Å². The molecule has 5 rings (SSSR count). The van der Waals surface area contributed by atoms with E-state index >= 15 is 0 Å². The molecule has 2 amide bonds. The van der Waals surface area contributed by atoms with E-state index in [4.69, 9.17) is 5.73 Å². The molecule has 0 aliphatic carbocycles. The molecular weight excluding hydrogens is 484 g/mol. The third-order valence-electron chi connectivity index (χ3n) is 6.76. The number of carbonyl (C=O) groups is 2. The molecular formula is C28H28N6O4. The van der Waals surface area contributed by atoms with Gasteiger partial charge in [0.15, 0.2) is 11.9 Å². The minimum Gasteiger partial charge on any atom is -0.626 e. The van der Waals surface area contributed by atoms with Gasteiger partial charge >= 0.3 is 5.91 Å². The first-order valence-electron chi connectivity index (χ1n) is 12.3. The Labute approximate surface area is 219 Å². The SMILES string of the molecule is NC(=O)C(O)C(Cc1ccccc1)[NH+]([O-])C(=O)c1cccnc1-n1ccc(CN2CCc3ccccc32)n1. The Balaban J connectivity index is 1.39. The molecule has 3 unspecified atom stereocenters. The van der Waals surface area contributed by atoms with Crippen molar-refractivity contribution in [3.63, 3.8) is 0 Å². The molecule has 0 fully saturated rings. The highest BCUT2D eigenvalue weighted by Gasteiger charge is 2.35. The molecule has 10 nitrogen and oxygen atoms in total. The highest BCUT2D eigenvalue weighted by Crippen LogP contribution is 2.28. The van der Waals surface area contributed by atoms with Crippen molar-refractivity contribution in [3.05, 3.63) is 113 Å². The van der Waals surface area contributed by atoms with Crippen LogP contribution in [-0.2, 0) is 24.2 Å². The van der Waals surface area contributed by atoms with E-state index < -0.39 is 29.0 Å². The van der Waals surface area contributed by atoms with Crippen molar-refractivity contribution in [1.29, 1.82) is 0 Å². The molecule has 0 saturated heterocycles. The quantitative estimate of drug-likeness (QED) is 0.282. The van der Waals surface area contributed by atoms with Crippen LogP contribution in [-0.4, -0.2) is 50.4 Å². The van der Waals surface area contributed by atoms with E-state index in [1.54, 1.807) is 42.6 Å². The second-order valence-corrected chi connectivity index (χ2v) is 9.26. The Hall–Kier alpha value is -4.38. The molecule has 194 valence electrons. The zero-order valence-electron chi connectivity index (χ0n) is 20.6. The van der Waals surface area contributed by atoms with Crippen molar-refractivity contribution >= 4 is 17.5 Å². The van der Waals surface area contributed by atoms with Crippen LogP contribution < -0.4 is 15.7 Å². The second kappa shape index (κ2) is 10.9. The highest BCUT2D eigenvalue weighted by atomic mass is 16.5. The van der Waals surface area contributed by atoms with Gasteiger partial charge in [0.2, 0.25) is 0 Å². The van der Waals surface area contributed by atoms with E-state index in [2.05, 4.69) is 27.1 Å². The summed E-state index contributed by atoms with van der Waals surface area (Å²) in [5, 5.41) is 27.5. The Morgan fingerprint density at radius 1 is 1.05 bits per heavy atom. The third kappa shape index (κ3) is 5.18. The van der Waals surface area contributed by atoms with Crippen molar-refractivity contribution in [2.24, 2.45) is 5.73 Å². The summed E-state index contributed by atoms with van der Waals surface area (Å²) in [6.45, 7) is 1.47. The third-order valence-corrected chi connectivity index (χ3v) is 6.76. The molecule has 1 aliphatic heterocycles. The molecule has 4 N–H and O–H groups in total. The molecule has 3 heterocycles. The smallest absolute Gasteiger partial charge is 0.348 e. The molecule has 0 bridgehead atoms. The molecule has 10 heteroatoms. The van der Waals surface area contributed by atoms with Crippen LogP contribution in [0.25, 0.3) is 5.82 Å². The summed E-state index contributed by atoms with van der Waals surface area (Å²) in [6.07, 6.45) is 2.34. The van der Waals surface area contributed by atoms with Crippen LogP contribution in [0.1, 0.15) is 27.2 Å². The number of nitrogens with one attached hydrogen (secondary N) is 1. The van der Waals surface area contributed by atoms with Gasteiger partial charge in [0, 0.05) is 31.0 Å². The number of rotatable bonds is 9. The summed E-state index contributed by atoms with van der Waals surface area (Å²) in [6, 6.07) is 20.6. The zero-order chi connectivity index (χ0) is 26.6. The number of aliphatic hydroxyl groups is 1. The van der Waals surface area contributed by atoms with Crippen molar-refractivity contribution in [3.8, 4) is 5.82 Å². The number of carbonyl (C=O) groups excluding carboxylic acids is 2. The average Bonchev–Trinajstić information content (AvgIpc) is 3.58. The van der Waals surface area contributed by atoms with Crippen LogP contribution in [0.2, 0.25) is 0 Å². The number of primary amides is 1. The lowest BCUT2D eigenvalue weighted by molar-refractivity contribution is -0.792. The zero-order valence-corrected chi connectivity index (χ0v) is 20.6. The number of fused-ring (bicyclic) bond motifs is 1. The van der Waals surface area contributed by atoms with E-state index in [0.29, 0.717) is 12.1 Å². The standard InChI is InChI=1S/C28H28N6O4/c29-26(36)25(35)24(17-19-7-2-1-3-8-19)34(38)28(37)22-10-6-14-30-27(22)33-16-13-21(31-33)18-32-15-12-20-9-4-5-11-23(20)32/h1-11,13-14,16,24-25,34-35H,12,15,17-18H2,(H2,29,36). The van der Waals surface area contributed by atoms with Gasteiger partial charge in [-0.1, -0.05) is 48.5 Å². The van der Waals surface area contributed by atoms with Crippen LogP contribution in [0.4, 0.5) is 5.69 Å². The Morgan fingerprint density at radius 2 is 1.82 bits per heavy atom. The van der Waals surface area contributed by atoms with Gasteiger partial charge in [-0.3, -0.25) is 9.86 Å². The number of para-hydroxylation sites is 1. The number of benzene rings is 2. The van der Waals surface area contributed by atoms with Gasteiger partial charge in [-0.15, -0.1) is 0 Å². The number of aliphatic hydroxyl groups excluding tert-OH is 1. The van der Waals surface area contributed by atoms with Crippen molar-refractivity contribution in [2.45, 2.75) is 31.5 Å². The molecule has 3 atom stereocenters. The maximum atomic E-state index is 13.4. The predicted octanol–water partition coefficient (Wildman–Crippen LogP) is 0.810. The highest BCUT2D eigenvalue weighted by molar-refractivity contribution is 5.91. The van der Waals surface area contributed by atoms with Gasteiger partial charge in [0.05, 0.1) is 12.2 Å². The topological polar surface area (TPSA) is 142 Å².